The molecule has 1 N–H and O–H groups in total. The van der Waals surface area contributed by atoms with E-state index >= 15 is 0 Å². The number of anilines is 1. The molecule has 0 atom stereocenters. The molecule has 1 fully saturated rings. The molecule has 2 aromatic carbocycles. The van der Waals surface area contributed by atoms with Crippen molar-refractivity contribution < 1.29 is 4.79 Å². The molecule has 0 spiro atoms. The number of para-hydroxylation sites is 1. The average Bonchev–Trinajstić information content (AvgIpc) is 2.97. The zero-order valence-corrected chi connectivity index (χ0v) is 16.9. The first kappa shape index (κ1) is 18.6. The van der Waals surface area contributed by atoms with Gasteiger partial charge in [0.2, 0.25) is 0 Å². The summed E-state index contributed by atoms with van der Waals surface area (Å²) in [7, 11) is 2.10. The fourth-order valence-corrected chi connectivity index (χ4v) is 4.15. The van der Waals surface area contributed by atoms with Gasteiger partial charge < -0.3 is 14.8 Å². The molecule has 0 radical (unpaired) electrons. The molecule has 2 amide bonds. The van der Waals surface area contributed by atoms with Crippen LogP contribution in [0.15, 0.2) is 48.7 Å². The average molecular weight is 377 g/mol. The number of benzene rings is 2. The number of aryl methyl sites for hydroxylation is 3. The molecule has 2 heterocycles. The lowest BCUT2D eigenvalue weighted by atomic mass is 10.1. The second kappa shape index (κ2) is 7.68. The van der Waals surface area contributed by atoms with E-state index in [2.05, 4.69) is 72.2 Å². The number of hydrogen-bond donors (Lipinski definition) is 1. The molecule has 146 valence electrons. The van der Waals surface area contributed by atoms with Gasteiger partial charge in [-0.2, -0.15) is 0 Å². The van der Waals surface area contributed by atoms with Gasteiger partial charge in [-0.25, -0.2) is 4.79 Å². The van der Waals surface area contributed by atoms with Crippen molar-refractivity contribution in [3.05, 3.63) is 65.4 Å². The van der Waals surface area contributed by atoms with Gasteiger partial charge in [-0.05, 0) is 48.7 Å². The van der Waals surface area contributed by atoms with Gasteiger partial charge in [-0.15, -0.1) is 0 Å². The fraction of sp³-hybridized carbons (Fsp3) is 0.348. The van der Waals surface area contributed by atoms with Crippen molar-refractivity contribution in [1.29, 1.82) is 0 Å². The summed E-state index contributed by atoms with van der Waals surface area (Å²) in [6, 6.07) is 14.7. The third kappa shape index (κ3) is 3.90. The van der Waals surface area contributed by atoms with Crippen molar-refractivity contribution in [3.8, 4) is 0 Å². The van der Waals surface area contributed by atoms with Gasteiger partial charge >= 0.3 is 6.03 Å². The number of carbonyl (C=O) groups excluding carboxylic acids is 1. The number of nitrogens with one attached hydrogen (secondary N) is 1. The zero-order valence-electron chi connectivity index (χ0n) is 16.9. The van der Waals surface area contributed by atoms with E-state index in [4.69, 9.17) is 0 Å². The molecule has 1 aliphatic rings. The zero-order chi connectivity index (χ0) is 19.7. The van der Waals surface area contributed by atoms with Gasteiger partial charge in [0.15, 0.2) is 0 Å². The maximum atomic E-state index is 12.6. The minimum atomic E-state index is -0.00480. The third-order valence-corrected chi connectivity index (χ3v) is 5.51. The van der Waals surface area contributed by atoms with Gasteiger partial charge in [0.05, 0.1) is 0 Å². The Balaban J connectivity index is 1.35. The predicted octanol–water partition coefficient (Wildman–Crippen LogP) is 4.14. The summed E-state index contributed by atoms with van der Waals surface area (Å²) in [6.07, 6.45) is 2.23. The molecule has 4 rings (SSSR count). The minimum Gasteiger partial charge on any atom is -0.350 e. The topological polar surface area (TPSA) is 40.5 Å². The first-order valence-electron chi connectivity index (χ1n) is 9.89. The van der Waals surface area contributed by atoms with E-state index < -0.39 is 0 Å². The van der Waals surface area contributed by atoms with Crippen LogP contribution in [0.3, 0.4) is 0 Å². The van der Waals surface area contributed by atoms with Crippen LogP contribution in [0.5, 0.6) is 0 Å². The van der Waals surface area contributed by atoms with E-state index in [-0.39, 0.29) is 6.03 Å². The Hall–Kier alpha value is -2.79. The highest BCUT2D eigenvalue weighted by Crippen LogP contribution is 2.22. The summed E-state index contributed by atoms with van der Waals surface area (Å²) in [5, 5.41) is 4.37. The lowest BCUT2D eigenvalue weighted by Gasteiger charge is -2.34. The number of carbonyl (C=O) groups is 1. The van der Waals surface area contributed by atoms with Crippen LogP contribution in [0.2, 0.25) is 0 Å². The maximum absolute atomic E-state index is 12.6. The fourth-order valence-electron chi connectivity index (χ4n) is 4.15. The second-order valence-electron chi connectivity index (χ2n) is 7.85. The Labute approximate surface area is 166 Å². The molecule has 0 aliphatic carbocycles. The highest BCUT2D eigenvalue weighted by Gasteiger charge is 2.22. The van der Waals surface area contributed by atoms with E-state index in [9.17, 15) is 4.79 Å². The lowest BCUT2D eigenvalue weighted by molar-refractivity contribution is 0.143. The largest absolute Gasteiger partial charge is 0.350 e. The quantitative estimate of drug-likeness (QED) is 0.746. The predicted molar refractivity (Wildman–Crippen MR) is 115 cm³/mol. The van der Waals surface area contributed by atoms with Gasteiger partial charge in [0, 0.05) is 62.6 Å². The van der Waals surface area contributed by atoms with E-state index in [0.29, 0.717) is 0 Å². The van der Waals surface area contributed by atoms with Crippen LogP contribution in [0.4, 0.5) is 10.5 Å². The highest BCUT2D eigenvalue weighted by molar-refractivity contribution is 5.89. The van der Waals surface area contributed by atoms with Gasteiger partial charge in [0.25, 0.3) is 0 Å². The standard InChI is InChI=1S/C23H28N4O/c1-17-12-18(2)14-20(13-17)24-23(28)27-10-8-26(9-11-27)16-19-15-25(3)22-7-5-4-6-21(19)22/h4-7,12-15H,8-11,16H2,1-3H3,(H,24,28). The molecule has 1 saturated heterocycles. The molecule has 5 heteroatoms. The summed E-state index contributed by atoms with van der Waals surface area (Å²) in [5.41, 5.74) is 5.82. The Kier molecular flexibility index (Phi) is 5.09. The summed E-state index contributed by atoms with van der Waals surface area (Å²) < 4.78 is 2.19. The van der Waals surface area contributed by atoms with Gasteiger partial charge in [0.1, 0.15) is 0 Å². The molecule has 5 nitrogen and oxygen atoms in total. The summed E-state index contributed by atoms with van der Waals surface area (Å²) >= 11 is 0. The monoisotopic (exact) mass is 376 g/mol. The van der Waals surface area contributed by atoms with Crippen molar-refractivity contribution in [2.75, 3.05) is 31.5 Å². The Morgan fingerprint density at radius 3 is 2.39 bits per heavy atom. The van der Waals surface area contributed by atoms with Gasteiger partial charge in [-0.1, -0.05) is 24.3 Å². The molecule has 1 aliphatic heterocycles. The highest BCUT2D eigenvalue weighted by atomic mass is 16.2. The number of aromatic nitrogens is 1. The molecule has 3 aromatic rings. The molecule has 0 bridgehead atoms. The summed E-state index contributed by atoms with van der Waals surface area (Å²) in [6.45, 7) is 8.31. The maximum Gasteiger partial charge on any atom is 0.321 e. The number of hydrogen-bond acceptors (Lipinski definition) is 2. The number of urea groups is 1. The Morgan fingerprint density at radius 1 is 1.00 bits per heavy atom. The number of fused-ring (bicyclic) bond motifs is 1. The number of amides is 2. The van der Waals surface area contributed by atoms with Crippen molar-refractivity contribution in [2.24, 2.45) is 7.05 Å². The molecule has 28 heavy (non-hydrogen) atoms. The van der Waals surface area contributed by atoms with E-state index in [0.717, 1.165) is 49.5 Å². The first-order valence-corrected chi connectivity index (χ1v) is 9.89. The Bertz CT molecular complexity index is 979. The third-order valence-electron chi connectivity index (χ3n) is 5.51. The number of nitrogens with zero attached hydrogens (tertiary/aromatic N) is 3. The van der Waals surface area contributed by atoms with Crippen LogP contribution in [0, 0.1) is 13.8 Å². The smallest absolute Gasteiger partial charge is 0.321 e. The summed E-state index contributed by atoms with van der Waals surface area (Å²) in [5.74, 6) is 0. The minimum absolute atomic E-state index is 0.00480. The van der Waals surface area contributed by atoms with Crippen LogP contribution >= 0.6 is 0 Å². The Morgan fingerprint density at radius 2 is 1.68 bits per heavy atom. The van der Waals surface area contributed by atoms with Crippen molar-refractivity contribution in [3.63, 3.8) is 0 Å². The molecule has 0 unspecified atom stereocenters. The molecule has 1 aromatic heterocycles. The van der Waals surface area contributed by atoms with Crippen LogP contribution < -0.4 is 5.32 Å². The van der Waals surface area contributed by atoms with E-state index in [1.807, 2.05) is 17.0 Å². The molecular weight excluding hydrogens is 348 g/mol. The number of piperazine rings is 1. The SMILES string of the molecule is Cc1cc(C)cc(NC(=O)N2CCN(Cc3cn(C)c4ccccc34)CC2)c1. The first-order chi connectivity index (χ1) is 13.5. The number of rotatable bonds is 3. The van der Waals surface area contributed by atoms with Crippen LogP contribution in [0.1, 0.15) is 16.7 Å². The molecular formula is C23H28N4O. The van der Waals surface area contributed by atoms with Crippen LogP contribution in [-0.2, 0) is 13.6 Å². The summed E-state index contributed by atoms with van der Waals surface area (Å²) in [4.78, 5) is 17.0. The van der Waals surface area contributed by atoms with Crippen LogP contribution in [-0.4, -0.2) is 46.6 Å². The lowest BCUT2D eigenvalue weighted by Crippen LogP contribution is -2.49. The normalized spacial score (nSPS) is 15.2. The van der Waals surface area contributed by atoms with Crippen LogP contribution in [0.25, 0.3) is 10.9 Å². The van der Waals surface area contributed by atoms with Crippen molar-refractivity contribution in [1.82, 2.24) is 14.4 Å². The second-order valence-corrected chi connectivity index (χ2v) is 7.85. The molecule has 0 saturated carbocycles. The van der Waals surface area contributed by atoms with Crippen molar-refractivity contribution in [2.45, 2.75) is 20.4 Å². The van der Waals surface area contributed by atoms with Crippen molar-refractivity contribution >= 4 is 22.6 Å². The van der Waals surface area contributed by atoms with E-state index in [1.54, 1.807) is 0 Å². The van der Waals surface area contributed by atoms with Gasteiger partial charge in [-0.3, -0.25) is 4.90 Å². The van der Waals surface area contributed by atoms with E-state index in [1.165, 1.54) is 16.5 Å².